The molecule has 0 atom stereocenters. The van der Waals surface area contributed by atoms with E-state index in [1.54, 1.807) is 6.20 Å². The Balaban J connectivity index is 1.58. The minimum atomic E-state index is 0.0705. The largest absolute Gasteiger partial charge is 0.350 e. The summed E-state index contributed by atoms with van der Waals surface area (Å²) in [7, 11) is 0. The summed E-state index contributed by atoms with van der Waals surface area (Å²) >= 11 is 0. The smallest absolute Gasteiger partial charge is 0.224 e. The minimum Gasteiger partial charge on any atom is -0.350 e. The number of nitrogens with zero attached hydrogens (tertiary/aromatic N) is 1. The standard InChI is InChI=1S/C16H16N2O/c19-16(18-11-15-7-3-4-8-17-15)14-9-12-5-1-2-6-13(12)10-14/h1-8,14H,9-11H2,(H,18,19). The van der Waals surface area contributed by atoms with Crippen molar-refractivity contribution in [2.24, 2.45) is 5.92 Å². The third-order valence-corrected chi connectivity index (χ3v) is 3.59. The molecule has 0 radical (unpaired) electrons. The Hall–Kier alpha value is -2.16. The Morgan fingerprint density at radius 1 is 1.11 bits per heavy atom. The molecule has 3 rings (SSSR count). The predicted octanol–water partition coefficient (Wildman–Crippen LogP) is 2.11. The van der Waals surface area contributed by atoms with Crippen LogP contribution in [-0.4, -0.2) is 10.9 Å². The molecule has 3 nitrogen and oxygen atoms in total. The van der Waals surface area contributed by atoms with Crippen molar-refractivity contribution in [3.05, 3.63) is 65.5 Å². The molecule has 1 heterocycles. The van der Waals surface area contributed by atoms with Gasteiger partial charge in [-0.05, 0) is 36.1 Å². The summed E-state index contributed by atoms with van der Waals surface area (Å²) in [6.07, 6.45) is 3.45. The summed E-state index contributed by atoms with van der Waals surface area (Å²) in [5.74, 6) is 0.197. The Morgan fingerprint density at radius 2 is 1.79 bits per heavy atom. The number of aromatic nitrogens is 1. The Kier molecular flexibility index (Phi) is 3.27. The van der Waals surface area contributed by atoms with Crippen molar-refractivity contribution in [2.75, 3.05) is 0 Å². The van der Waals surface area contributed by atoms with E-state index in [0.717, 1.165) is 18.5 Å². The van der Waals surface area contributed by atoms with Gasteiger partial charge in [-0.15, -0.1) is 0 Å². The maximum Gasteiger partial charge on any atom is 0.224 e. The number of carbonyl (C=O) groups is 1. The lowest BCUT2D eigenvalue weighted by atomic mass is 10.1. The fourth-order valence-electron chi connectivity index (χ4n) is 2.57. The molecule has 0 aliphatic heterocycles. The van der Waals surface area contributed by atoms with E-state index in [1.165, 1.54) is 11.1 Å². The molecule has 0 bridgehead atoms. The average molecular weight is 252 g/mol. The normalized spacial score (nSPS) is 14.1. The fraction of sp³-hybridized carbons (Fsp3) is 0.250. The zero-order chi connectivity index (χ0) is 13.1. The summed E-state index contributed by atoms with van der Waals surface area (Å²) in [5, 5.41) is 2.97. The summed E-state index contributed by atoms with van der Waals surface area (Å²) in [5.41, 5.74) is 3.51. The number of carbonyl (C=O) groups excluding carboxylic acids is 1. The number of amides is 1. The lowest BCUT2D eigenvalue weighted by Gasteiger charge is -2.09. The molecule has 0 saturated heterocycles. The Labute approximate surface area is 112 Å². The van der Waals surface area contributed by atoms with E-state index in [0.29, 0.717) is 6.54 Å². The number of nitrogens with one attached hydrogen (secondary N) is 1. The van der Waals surface area contributed by atoms with Crippen LogP contribution in [0.4, 0.5) is 0 Å². The molecular weight excluding hydrogens is 236 g/mol. The van der Waals surface area contributed by atoms with Gasteiger partial charge in [-0.1, -0.05) is 30.3 Å². The maximum atomic E-state index is 12.1. The highest BCUT2D eigenvalue weighted by Crippen LogP contribution is 2.26. The first-order chi connectivity index (χ1) is 9.33. The van der Waals surface area contributed by atoms with Gasteiger partial charge in [-0.2, -0.15) is 0 Å². The second kappa shape index (κ2) is 5.22. The molecule has 1 aromatic heterocycles. The lowest BCUT2D eigenvalue weighted by molar-refractivity contribution is -0.124. The number of fused-ring (bicyclic) bond motifs is 1. The molecule has 0 unspecified atom stereocenters. The fourth-order valence-corrected chi connectivity index (χ4v) is 2.57. The SMILES string of the molecule is O=C(NCc1ccccn1)C1Cc2ccccc2C1. The number of hydrogen-bond donors (Lipinski definition) is 1. The molecule has 0 spiro atoms. The van der Waals surface area contributed by atoms with Crippen LogP contribution in [0.2, 0.25) is 0 Å². The van der Waals surface area contributed by atoms with Crippen LogP contribution >= 0.6 is 0 Å². The second-order valence-electron chi connectivity index (χ2n) is 4.91. The summed E-state index contributed by atoms with van der Waals surface area (Å²) < 4.78 is 0. The maximum absolute atomic E-state index is 12.1. The van der Waals surface area contributed by atoms with Crippen molar-refractivity contribution in [3.8, 4) is 0 Å². The van der Waals surface area contributed by atoms with E-state index in [2.05, 4.69) is 22.4 Å². The van der Waals surface area contributed by atoms with Crippen LogP contribution in [0.25, 0.3) is 0 Å². The topological polar surface area (TPSA) is 42.0 Å². The van der Waals surface area contributed by atoms with Crippen molar-refractivity contribution >= 4 is 5.91 Å². The van der Waals surface area contributed by atoms with E-state index >= 15 is 0 Å². The van der Waals surface area contributed by atoms with Crippen LogP contribution in [0.15, 0.2) is 48.7 Å². The van der Waals surface area contributed by atoms with E-state index < -0.39 is 0 Å². The number of benzene rings is 1. The molecule has 19 heavy (non-hydrogen) atoms. The van der Waals surface area contributed by atoms with Gasteiger partial charge in [-0.25, -0.2) is 0 Å². The van der Waals surface area contributed by atoms with Crippen LogP contribution in [-0.2, 0) is 24.2 Å². The summed E-state index contributed by atoms with van der Waals surface area (Å²) in [4.78, 5) is 16.4. The molecule has 3 heteroatoms. The van der Waals surface area contributed by atoms with Crippen molar-refractivity contribution in [1.29, 1.82) is 0 Å². The highest BCUT2D eigenvalue weighted by molar-refractivity contribution is 5.80. The lowest BCUT2D eigenvalue weighted by Crippen LogP contribution is -2.30. The molecule has 2 aromatic rings. The third kappa shape index (κ3) is 2.65. The first-order valence-electron chi connectivity index (χ1n) is 6.57. The molecular formula is C16H16N2O. The zero-order valence-electron chi connectivity index (χ0n) is 10.7. The predicted molar refractivity (Wildman–Crippen MR) is 73.4 cm³/mol. The van der Waals surface area contributed by atoms with Crippen LogP contribution in [0.5, 0.6) is 0 Å². The molecule has 1 aromatic carbocycles. The van der Waals surface area contributed by atoms with Gasteiger partial charge >= 0.3 is 0 Å². The van der Waals surface area contributed by atoms with E-state index in [4.69, 9.17) is 0 Å². The van der Waals surface area contributed by atoms with Crippen LogP contribution in [0.3, 0.4) is 0 Å². The minimum absolute atomic E-state index is 0.0705. The second-order valence-corrected chi connectivity index (χ2v) is 4.91. The van der Waals surface area contributed by atoms with Crippen molar-refractivity contribution in [3.63, 3.8) is 0 Å². The average Bonchev–Trinajstić information content (AvgIpc) is 2.90. The number of hydrogen-bond acceptors (Lipinski definition) is 2. The first kappa shape index (κ1) is 11.9. The van der Waals surface area contributed by atoms with Gasteiger partial charge in [0, 0.05) is 12.1 Å². The van der Waals surface area contributed by atoms with Crippen molar-refractivity contribution < 1.29 is 4.79 Å². The number of pyridine rings is 1. The van der Waals surface area contributed by atoms with Gasteiger partial charge in [0.05, 0.1) is 12.2 Å². The Morgan fingerprint density at radius 3 is 2.42 bits per heavy atom. The Bertz CT molecular complexity index is 555. The molecule has 1 aliphatic rings. The van der Waals surface area contributed by atoms with Crippen LogP contribution in [0.1, 0.15) is 16.8 Å². The van der Waals surface area contributed by atoms with Crippen LogP contribution < -0.4 is 5.32 Å². The molecule has 1 amide bonds. The van der Waals surface area contributed by atoms with Gasteiger partial charge in [0.2, 0.25) is 5.91 Å². The van der Waals surface area contributed by atoms with Crippen LogP contribution in [0, 0.1) is 5.92 Å². The van der Waals surface area contributed by atoms with E-state index in [1.807, 2.05) is 30.3 Å². The molecule has 1 aliphatic carbocycles. The third-order valence-electron chi connectivity index (χ3n) is 3.59. The highest BCUT2D eigenvalue weighted by atomic mass is 16.1. The van der Waals surface area contributed by atoms with Gasteiger partial charge in [0.1, 0.15) is 0 Å². The summed E-state index contributed by atoms with van der Waals surface area (Å²) in [6, 6.07) is 14.0. The van der Waals surface area contributed by atoms with E-state index in [9.17, 15) is 4.79 Å². The first-order valence-corrected chi connectivity index (χ1v) is 6.57. The van der Waals surface area contributed by atoms with Gasteiger partial charge in [0.25, 0.3) is 0 Å². The summed E-state index contributed by atoms with van der Waals surface area (Å²) in [6.45, 7) is 0.506. The molecule has 0 saturated carbocycles. The van der Waals surface area contributed by atoms with Gasteiger partial charge in [0.15, 0.2) is 0 Å². The molecule has 1 N–H and O–H groups in total. The van der Waals surface area contributed by atoms with Crippen molar-refractivity contribution in [2.45, 2.75) is 19.4 Å². The van der Waals surface area contributed by atoms with Crippen molar-refractivity contribution in [1.82, 2.24) is 10.3 Å². The zero-order valence-corrected chi connectivity index (χ0v) is 10.7. The van der Waals surface area contributed by atoms with Gasteiger partial charge in [-0.3, -0.25) is 9.78 Å². The quantitative estimate of drug-likeness (QED) is 0.909. The monoisotopic (exact) mass is 252 g/mol. The van der Waals surface area contributed by atoms with E-state index in [-0.39, 0.29) is 11.8 Å². The number of rotatable bonds is 3. The molecule has 0 fully saturated rings. The van der Waals surface area contributed by atoms with Gasteiger partial charge < -0.3 is 5.32 Å². The molecule has 96 valence electrons. The highest BCUT2D eigenvalue weighted by Gasteiger charge is 2.26.